The summed E-state index contributed by atoms with van der Waals surface area (Å²) >= 11 is 4.87. The Morgan fingerprint density at radius 2 is 2.00 bits per heavy atom. The van der Waals surface area contributed by atoms with Crippen LogP contribution in [-0.2, 0) is 0 Å². The van der Waals surface area contributed by atoms with E-state index in [1.54, 1.807) is 0 Å². The Hall–Kier alpha value is 0.250. The van der Waals surface area contributed by atoms with Crippen LogP contribution < -0.4 is 5.11 Å². The molecular formula is C2H4ClO-. The van der Waals surface area contributed by atoms with Crippen molar-refractivity contribution in [1.29, 1.82) is 0 Å². The number of alkyl halides is 1. The Morgan fingerprint density at radius 1 is 1.75 bits per heavy atom. The zero-order valence-electron chi connectivity index (χ0n) is 2.20. The molecule has 0 saturated heterocycles. The smallest absolute Gasteiger partial charge is 0.00696 e. The molecule has 0 rings (SSSR count). The van der Waals surface area contributed by atoms with E-state index in [9.17, 15) is 0 Å². The molecule has 0 radical (unpaired) electrons. The topological polar surface area (TPSA) is 23.1 Å². The van der Waals surface area contributed by atoms with Gasteiger partial charge in [-0.1, -0.05) is 0 Å². The van der Waals surface area contributed by atoms with Crippen LogP contribution in [0.15, 0.2) is 0 Å². The molecule has 0 fully saturated rings. The first-order valence-electron chi connectivity index (χ1n) is 1.06. The summed E-state index contributed by atoms with van der Waals surface area (Å²) in [6, 6.07) is 0. The minimum atomic E-state index is -0.165. The van der Waals surface area contributed by atoms with Crippen LogP contribution in [-0.4, -0.2) is 12.5 Å². The summed E-state index contributed by atoms with van der Waals surface area (Å²) in [5, 5.41) is 9.17. The molecule has 0 heterocycles. The first-order chi connectivity index (χ1) is 1.91. The lowest BCUT2D eigenvalue weighted by molar-refractivity contribution is -0.360. The second-order valence-corrected chi connectivity index (χ2v) is 0.771. The Balaban J connectivity index is 1.97. The maximum Gasteiger partial charge on any atom is 0.00696 e. The van der Waals surface area contributed by atoms with E-state index in [0.717, 1.165) is 0 Å². The van der Waals surface area contributed by atoms with E-state index < -0.39 is 0 Å². The highest BCUT2D eigenvalue weighted by Gasteiger charge is 1.48. The van der Waals surface area contributed by atoms with Gasteiger partial charge in [0.2, 0.25) is 0 Å². The van der Waals surface area contributed by atoms with Gasteiger partial charge in [-0.3, -0.25) is 0 Å². The van der Waals surface area contributed by atoms with Gasteiger partial charge in [-0.2, -0.15) is 0 Å². The average Bonchev–Trinajstić information content (AvgIpc) is 1.37. The monoisotopic (exact) mass is 79.0 g/mol. The van der Waals surface area contributed by atoms with Gasteiger partial charge >= 0.3 is 0 Å². The number of hydrogen-bond acceptors (Lipinski definition) is 1. The van der Waals surface area contributed by atoms with E-state index in [2.05, 4.69) is 0 Å². The van der Waals surface area contributed by atoms with E-state index in [1.165, 1.54) is 0 Å². The molecule has 2 heteroatoms. The molecule has 0 atom stereocenters. The van der Waals surface area contributed by atoms with Crippen LogP contribution in [0.1, 0.15) is 0 Å². The molecule has 4 heavy (non-hydrogen) atoms. The second-order valence-electron chi connectivity index (χ2n) is 0.393. The Kier molecular flexibility index (Phi) is 3.45. The lowest BCUT2D eigenvalue weighted by atomic mass is 10.9. The molecule has 0 amide bonds. The van der Waals surface area contributed by atoms with Crippen molar-refractivity contribution in [2.45, 2.75) is 0 Å². The van der Waals surface area contributed by atoms with Crippen LogP contribution in [0.25, 0.3) is 0 Å². The van der Waals surface area contributed by atoms with E-state index in [0.29, 0.717) is 0 Å². The lowest BCUT2D eigenvalue weighted by Gasteiger charge is -1.87. The van der Waals surface area contributed by atoms with Gasteiger partial charge in [0.25, 0.3) is 0 Å². The highest BCUT2D eigenvalue weighted by atomic mass is 35.5. The molecule has 0 aromatic rings. The third-order valence-electron chi connectivity index (χ3n) is 0.0772. The summed E-state index contributed by atoms with van der Waals surface area (Å²) in [6.07, 6.45) is 0. The number of rotatable bonds is 1. The van der Waals surface area contributed by atoms with Crippen molar-refractivity contribution in [3.05, 3.63) is 0 Å². The molecule has 0 aliphatic rings. The number of halogens is 1. The molecular weight excluding hydrogens is 75.5 g/mol. The van der Waals surface area contributed by atoms with Crippen LogP contribution in [0.4, 0.5) is 0 Å². The molecule has 0 unspecified atom stereocenters. The molecule has 0 bridgehead atoms. The maximum atomic E-state index is 9.17. The summed E-state index contributed by atoms with van der Waals surface area (Å²) in [5.41, 5.74) is 0. The molecule has 1 nitrogen and oxygen atoms in total. The molecule has 0 N–H and O–H groups in total. The van der Waals surface area contributed by atoms with Gasteiger partial charge in [0.05, 0.1) is 0 Å². The van der Waals surface area contributed by atoms with Crippen LogP contribution in [0, 0.1) is 0 Å². The fraction of sp³-hybridized carbons (Fsp3) is 1.00. The zero-order chi connectivity index (χ0) is 3.41. The predicted octanol–water partition coefficient (Wildman–Crippen LogP) is -0.415. The molecule has 0 aliphatic carbocycles. The van der Waals surface area contributed by atoms with Gasteiger partial charge in [0, 0.05) is 5.88 Å². The third kappa shape index (κ3) is 2.25. The quantitative estimate of drug-likeness (QED) is 0.392. The highest BCUT2D eigenvalue weighted by Crippen LogP contribution is 1.60. The second kappa shape index (κ2) is 3.25. The highest BCUT2D eigenvalue weighted by molar-refractivity contribution is 6.17. The van der Waals surface area contributed by atoms with Crippen LogP contribution >= 0.6 is 11.6 Å². The summed E-state index contributed by atoms with van der Waals surface area (Å²) in [6.45, 7) is -0.165. The fourth-order valence-electron chi connectivity index (χ4n) is 0. The van der Waals surface area contributed by atoms with Crippen molar-refractivity contribution in [3.8, 4) is 0 Å². The predicted molar refractivity (Wildman–Crippen MR) is 15.6 cm³/mol. The van der Waals surface area contributed by atoms with Gasteiger partial charge in [0.15, 0.2) is 0 Å². The Labute approximate surface area is 30.2 Å². The van der Waals surface area contributed by atoms with Gasteiger partial charge in [-0.05, 0) is 0 Å². The van der Waals surface area contributed by atoms with Crippen LogP contribution in [0.5, 0.6) is 0 Å². The van der Waals surface area contributed by atoms with Gasteiger partial charge in [-0.15, -0.1) is 18.2 Å². The SMILES string of the molecule is [O-]CCCl. The van der Waals surface area contributed by atoms with E-state index in [-0.39, 0.29) is 12.5 Å². The van der Waals surface area contributed by atoms with Crippen LogP contribution in [0.2, 0.25) is 0 Å². The molecule has 26 valence electrons. The molecule has 0 spiro atoms. The zero-order valence-corrected chi connectivity index (χ0v) is 2.96. The Morgan fingerprint density at radius 3 is 2.00 bits per heavy atom. The van der Waals surface area contributed by atoms with Gasteiger partial charge < -0.3 is 5.11 Å². The minimum Gasteiger partial charge on any atom is -0.854 e. The van der Waals surface area contributed by atoms with E-state index in [1.807, 2.05) is 0 Å². The summed E-state index contributed by atoms with van der Waals surface area (Å²) < 4.78 is 0. The summed E-state index contributed by atoms with van der Waals surface area (Å²) in [7, 11) is 0. The standard InChI is InChI=1S/C2H4ClO/c3-1-2-4/h1-2H2/q-1. The van der Waals surface area contributed by atoms with E-state index >= 15 is 0 Å². The summed E-state index contributed by atoms with van der Waals surface area (Å²) in [5.74, 6) is 0.236. The fourth-order valence-corrected chi connectivity index (χ4v) is 0. The first kappa shape index (κ1) is 4.25. The van der Waals surface area contributed by atoms with Crippen molar-refractivity contribution in [2.24, 2.45) is 0 Å². The normalized spacial score (nSPS) is 7.50. The largest absolute Gasteiger partial charge is 0.854 e. The Bertz CT molecular complexity index is 8.00. The molecule has 0 saturated carbocycles. The first-order valence-corrected chi connectivity index (χ1v) is 1.59. The minimum absolute atomic E-state index is 0.165. The van der Waals surface area contributed by atoms with Gasteiger partial charge in [0.1, 0.15) is 0 Å². The third-order valence-corrected chi connectivity index (χ3v) is 0.231. The molecule has 0 aromatic heterocycles. The molecule has 0 aromatic carbocycles. The van der Waals surface area contributed by atoms with E-state index in [4.69, 9.17) is 16.7 Å². The molecule has 0 aliphatic heterocycles. The number of hydrogen-bond donors (Lipinski definition) is 0. The maximum absolute atomic E-state index is 9.17. The lowest BCUT2D eigenvalue weighted by Crippen LogP contribution is -2.05. The summed E-state index contributed by atoms with van der Waals surface area (Å²) in [4.78, 5) is 0. The van der Waals surface area contributed by atoms with Crippen molar-refractivity contribution in [3.63, 3.8) is 0 Å². The average molecular weight is 79.5 g/mol. The van der Waals surface area contributed by atoms with Crippen molar-refractivity contribution in [1.82, 2.24) is 0 Å². The van der Waals surface area contributed by atoms with Crippen LogP contribution in [0.3, 0.4) is 0 Å². The van der Waals surface area contributed by atoms with Crippen molar-refractivity contribution in [2.75, 3.05) is 12.5 Å². The van der Waals surface area contributed by atoms with Crippen molar-refractivity contribution >= 4 is 11.6 Å². The van der Waals surface area contributed by atoms with Crippen molar-refractivity contribution < 1.29 is 5.11 Å². The van der Waals surface area contributed by atoms with Gasteiger partial charge in [-0.25, -0.2) is 0 Å².